The van der Waals surface area contributed by atoms with E-state index in [1.165, 1.54) is 5.56 Å². The van der Waals surface area contributed by atoms with Crippen LogP contribution in [0.5, 0.6) is 0 Å². The third kappa shape index (κ3) is 1.76. The number of nitrogens with two attached hydrogens (primary N) is 1. The second-order valence-electron chi connectivity index (χ2n) is 3.33. The van der Waals surface area contributed by atoms with Crippen LogP contribution in [0.3, 0.4) is 0 Å². The summed E-state index contributed by atoms with van der Waals surface area (Å²) in [4.78, 5) is 4.15. The van der Waals surface area contributed by atoms with Gasteiger partial charge in [0, 0.05) is 12.7 Å². The summed E-state index contributed by atoms with van der Waals surface area (Å²) in [5.41, 5.74) is 6.86. The van der Waals surface area contributed by atoms with E-state index in [9.17, 15) is 0 Å². The van der Waals surface area contributed by atoms with Crippen molar-refractivity contribution in [3.8, 4) is 0 Å². The molecule has 0 aliphatic carbocycles. The number of hydrogen-bond donors (Lipinski definition) is 1. The Morgan fingerprint density at radius 2 is 2.00 bits per heavy atom. The third-order valence-corrected chi connectivity index (χ3v) is 2.19. The van der Waals surface area contributed by atoms with Crippen molar-refractivity contribution >= 4 is 5.82 Å². The highest BCUT2D eigenvalue weighted by molar-refractivity contribution is 5.26. The van der Waals surface area contributed by atoms with Crippen molar-refractivity contribution < 1.29 is 0 Å². The average Bonchev–Trinajstić information content (AvgIpc) is 2.47. The van der Waals surface area contributed by atoms with E-state index in [4.69, 9.17) is 5.73 Å². The number of aryl methyl sites for hydroxylation is 1. The topological polar surface area (TPSA) is 43.8 Å². The van der Waals surface area contributed by atoms with Gasteiger partial charge in [-0.25, -0.2) is 4.98 Å². The molecule has 3 nitrogen and oxygen atoms in total. The molecule has 0 amide bonds. The lowest BCUT2D eigenvalue weighted by molar-refractivity contribution is 0.762. The zero-order valence-corrected chi connectivity index (χ0v) is 8.14. The molecule has 0 aliphatic heterocycles. The lowest BCUT2D eigenvalue weighted by atomic mass is 10.2. The van der Waals surface area contributed by atoms with Gasteiger partial charge < -0.3 is 10.3 Å². The minimum Gasteiger partial charge on any atom is -0.382 e. The van der Waals surface area contributed by atoms with Gasteiger partial charge in [0.2, 0.25) is 0 Å². The molecule has 0 saturated heterocycles. The smallest absolute Gasteiger partial charge is 0.141 e. The first-order chi connectivity index (χ1) is 6.75. The maximum Gasteiger partial charge on any atom is 0.141 e. The monoisotopic (exact) mass is 187 g/mol. The molecule has 0 unspecified atom stereocenters. The molecule has 0 spiro atoms. The van der Waals surface area contributed by atoms with Crippen LogP contribution in [0.1, 0.15) is 11.4 Å². The fraction of sp³-hybridized carbons (Fsp3) is 0.182. The van der Waals surface area contributed by atoms with Gasteiger partial charge in [0.15, 0.2) is 0 Å². The molecule has 0 bridgehead atoms. The van der Waals surface area contributed by atoms with E-state index in [0.29, 0.717) is 5.82 Å². The summed E-state index contributed by atoms with van der Waals surface area (Å²) in [7, 11) is 0. The van der Waals surface area contributed by atoms with Gasteiger partial charge in [-0.3, -0.25) is 0 Å². The summed E-state index contributed by atoms with van der Waals surface area (Å²) in [5.74, 6) is 1.53. The predicted octanol–water partition coefficient (Wildman–Crippen LogP) is 1.82. The molecule has 0 aliphatic rings. The quantitative estimate of drug-likeness (QED) is 0.779. The molecule has 0 fully saturated rings. The maximum absolute atomic E-state index is 5.60. The summed E-state index contributed by atoms with van der Waals surface area (Å²) in [5, 5.41) is 0. The second kappa shape index (κ2) is 3.54. The van der Waals surface area contributed by atoms with Gasteiger partial charge in [-0.15, -0.1) is 0 Å². The van der Waals surface area contributed by atoms with Gasteiger partial charge in [0.1, 0.15) is 11.6 Å². The average molecular weight is 187 g/mol. The first-order valence-electron chi connectivity index (χ1n) is 4.59. The van der Waals surface area contributed by atoms with Gasteiger partial charge in [0.05, 0.1) is 0 Å². The van der Waals surface area contributed by atoms with Crippen LogP contribution in [0.4, 0.5) is 5.82 Å². The Morgan fingerprint density at radius 3 is 2.57 bits per heavy atom. The van der Waals surface area contributed by atoms with E-state index < -0.39 is 0 Å². The van der Waals surface area contributed by atoms with Gasteiger partial charge >= 0.3 is 0 Å². The Labute approximate surface area is 83.2 Å². The zero-order chi connectivity index (χ0) is 9.97. The fourth-order valence-corrected chi connectivity index (χ4v) is 1.47. The zero-order valence-electron chi connectivity index (χ0n) is 8.14. The number of rotatable bonds is 2. The molecular weight excluding hydrogens is 174 g/mol. The summed E-state index contributed by atoms with van der Waals surface area (Å²) >= 11 is 0. The standard InChI is InChI=1S/C11H13N3/c1-9-13-11(12)8-14(9)7-10-5-3-2-4-6-10/h2-6,8H,7,12H2,1H3. The molecule has 0 atom stereocenters. The van der Waals surface area contributed by atoms with Crippen molar-refractivity contribution in [2.24, 2.45) is 0 Å². The Morgan fingerprint density at radius 1 is 1.29 bits per heavy atom. The second-order valence-corrected chi connectivity index (χ2v) is 3.33. The van der Waals surface area contributed by atoms with Crippen LogP contribution in [0, 0.1) is 6.92 Å². The first kappa shape index (κ1) is 8.81. The van der Waals surface area contributed by atoms with Crippen LogP contribution in [0.15, 0.2) is 36.5 Å². The Balaban J connectivity index is 2.23. The minimum absolute atomic E-state index is 0.582. The van der Waals surface area contributed by atoms with Crippen molar-refractivity contribution in [2.75, 3.05) is 5.73 Å². The molecule has 1 aromatic carbocycles. The van der Waals surface area contributed by atoms with Crippen molar-refractivity contribution in [3.63, 3.8) is 0 Å². The molecule has 3 heteroatoms. The van der Waals surface area contributed by atoms with Gasteiger partial charge in [-0.05, 0) is 12.5 Å². The summed E-state index contributed by atoms with van der Waals surface area (Å²) in [6, 6.07) is 10.3. The van der Waals surface area contributed by atoms with Crippen molar-refractivity contribution in [3.05, 3.63) is 47.9 Å². The Kier molecular flexibility index (Phi) is 2.23. The number of nitrogen functional groups attached to an aromatic ring is 1. The third-order valence-electron chi connectivity index (χ3n) is 2.19. The summed E-state index contributed by atoms with van der Waals surface area (Å²) in [6.07, 6.45) is 1.86. The summed E-state index contributed by atoms with van der Waals surface area (Å²) < 4.78 is 2.05. The molecule has 1 heterocycles. The van der Waals surface area contributed by atoms with E-state index >= 15 is 0 Å². The molecular formula is C11H13N3. The van der Waals surface area contributed by atoms with E-state index in [1.54, 1.807) is 0 Å². The number of nitrogens with zero attached hydrogens (tertiary/aromatic N) is 2. The van der Waals surface area contributed by atoms with Crippen LogP contribution in [0.2, 0.25) is 0 Å². The van der Waals surface area contributed by atoms with E-state index in [2.05, 4.69) is 17.1 Å². The molecule has 14 heavy (non-hydrogen) atoms. The van der Waals surface area contributed by atoms with E-state index in [-0.39, 0.29) is 0 Å². The van der Waals surface area contributed by atoms with E-state index in [1.807, 2.05) is 35.9 Å². The van der Waals surface area contributed by atoms with Crippen LogP contribution < -0.4 is 5.73 Å². The normalized spacial score (nSPS) is 10.4. The lowest BCUT2D eigenvalue weighted by Crippen LogP contribution is -2.00. The first-order valence-corrected chi connectivity index (χ1v) is 4.59. The summed E-state index contributed by atoms with van der Waals surface area (Å²) in [6.45, 7) is 2.79. The predicted molar refractivity (Wildman–Crippen MR) is 56.9 cm³/mol. The van der Waals surface area contributed by atoms with Gasteiger partial charge in [-0.2, -0.15) is 0 Å². The van der Waals surface area contributed by atoms with Crippen LogP contribution in [-0.4, -0.2) is 9.55 Å². The maximum atomic E-state index is 5.60. The Hall–Kier alpha value is -1.77. The SMILES string of the molecule is Cc1nc(N)cn1Cc1ccccc1. The fourth-order valence-electron chi connectivity index (χ4n) is 1.47. The molecule has 2 rings (SSSR count). The number of hydrogen-bond acceptors (Lipinski definition) is 2. The largest absolute Gasteiger partial charge is 0.382 e. The van der Waals surface area contributed by atoms with E-state index in [0.717, 1.165) is 12.4 Å². The molecule has 72 valence electrons. The van der Waals surface area contributed by atoms with Gasteiger partial charge in [0.25, 0.3) is 0 Å². The Bertz CT molecular complexity index is 417. The highest BCUT2D eigenvalue weighted by atomic mass is 15.1. The minimum atomic E-state index is 0.582. The molecule has 1 aromatic heterocycles. The number of benzene rings is 1. The van der Waals surface area contributed by atoms with Crippen molar-refractivity contribution in [1.82, 2.24) is 9.55 Å². The lowest BCUT2D eigenvalue weighted by Gasteiger charge is -2.03. The van der Waals surface area contributed by atoms with Crippen molar-refractivity contribution in [1.29, 1.82) is 0 Å². The van der Waals surface area contributed by atoms with Crippen LogP contribution in [0.25, 0.3) is 0 Å². The molecule has 0 radical (unpaired) electrons. The van der Waals surface area contributed by atoms with Gasteiger partial charge in [-0.1, -0.05) is 30.3 Å². The van der Waals surface area contributed by atoms with Crippen LogP contribution >= 0.6 is 0 Å². The molecule has 2 N–H and O–H groups in total. The van der Waals surface area contributed by atoms with Crippen LogP contribution in [-0.2, 0) is 6.54 Å². The number of aromatic nitrogens is 2. The highest BCUT2D eigenvalue weighted by Crippen LogP contribution is 2.07. The number of anilines is 1. The van der Waals surface area contributed by atoms with Crippen molar-refractivity contribution in [2.45, 2.75) is 13.5 Å². The molecule has 2 aromatic rings. The number of imidazole rings is 1. The molecule has 0 saturated carbocycles. The highest BCUT2D eigenvalue weighted by Gasteiger charge is 2.00.